The fourth-order valence-corrected chi connectivity index (χ4v) is 3.55. The van der Waals surface area contributed by atoms with Crippen LogP contribution in [0.3, 0.4) is 0 Å². The standard InChI is InChI=1S/C16H18IN3O3/c1-2-23-13(21)8-10-7-11-9-18-16(17)19-14(11)20(15(10)22)12-5-3-4-6-12/h8-9,12H,2-7H2,1H3/b10-8+. The van der Waals surface area contributed by atoms with Gasteiger partial charge in [-0.25, -0.2) is 14.8 Å². The second-order valence-corrected chi connectivity index (χ2v) is 6.66. The van der Waals surface area contributed by atoms with Gasteiger partial charge in [-0.3, -0.25) is 9.69 Å². The van der Waals surface area contributed by atoms with Gasteiger partial charge in [0.2, 0.25) is 0 Å². The molecule has 0 bridgehead atoms. The van der Waals surface area contributed by atoms with E-state index in [1.165, 1.54) is 6.08 Å². The molecule has 1 saturated carbocycles. The lowest BCUT2D eigenvalue weighted by Crippen LogP contribution is -2.44. The van der Waals surface area contributed by atoms with E-state index < -0.39 is 5.97 Å². The second-order valence-electron chi connectivity index (χ2n) is 5.70. The fourth-order valence-electron chi connectivity index (χ4n) is 3.18. The molecule has 1 aliphatic carbocycles. The molecule has 0 aromatic carbocycles. The van der Waals surface area contributed by atoms with E-state index in [2.05, 4.69) is 32.6 Å². The van der Waals surface area contributed by atoms with Crippen molar-refractivity contribution in [3.63, 3.8) is 0 Å². The van der Waals surface area contributed by atoms with E-state index in [-0.39, 0.29) is 11.9 Å². The summed E-state index contributed by atoms with van der Waals surface area (Å²) in [6.07, 6.45) is 7.60. The minimum atomic E-state index is -0.475. The van der Waals surface area contributed by atoms with Crippen molar-refractivity contribution in [2.45, 2.75) is 45.1 Å². The Kier molecular flexibility index (Phi) is 4.93. The molecule has 1 aromatic heterocycles. The van der Waals surface area contributed by atoms with E-state index in [9.17, 15) is 9.59 Å². The highest BCUT2D eigenvalue weighted by Crippen LogP contribution is 2.35. The molecular formula is C16H18IN3O3. The summed E-state index contributed by atoms with van der Waals surface area (Å²) >= 11 is 2.05. The minimum Gasteiger partial charge on any atom is -0.463 e. The van der Waals surface area contributed by atoms with E-state index in [0.29, 0.717) is 28.2 Å². The van der Waals surface area contributed by atoms with Crippen LogP contribution in [-0.2, 0) is 20.7 Å². The number of carbonyl (C=O) groups excluding carboxylic acids is 2. The molecule has 0 atom stereocenters. The fraction of sp³-hybridized carbons (Fsp3) is 0.500. The molecule has 122 valence electrons. The molecule has 1 aromatic rings. The lowest BCUT2D eigenvalue weighted by Gasteiger charge is -2.34. The molecular weight excluding hydrogens is 409 g/mol. The number of ether oxygens (including phenoxy) is 1. The Morgan fingerprint density at radius 2 is 2.22 bits per heavy atom. The van der Waals surface area contributed by atoms with Gasteiger partial charge in [0.25, 0.3) is 5.91 Å². The molecule has 1 fully saturated rings. The van der Waals surface area contributed by atoms with Crippen molar-refractivity contribution in [1.82, 2.24) is 9.97 Å². The molecule has 23 heavy (non-hydrogen) atoms. The minimum absolute atomic E-state index is 0.132. The van der Waals surface area contributed by atoms with Gasteiger partial charge in [-0.2, -0.15) is 0 Å². The van der Waals surface area contributed by atoms with Gasteiger partial charge in [0.05, 0.1) is 6.61 Å². The summed E-state index contributed by atoms with van der Waals surface area (Å²) in [5.41, 5.74) is 1.33. The molecule has 0 saturated heterocycles. The average Bonchev–Trinajstić information content (AvgIpc) is 3.02. The summed E-state index contributed by atoms with van der Waals surface area (Å²) < 4.78 is 5.56. The van der Waals surface area contributed by atoms with Crippen molar-refractivity contribution in [3.8, 4) is 0 Å². The summed E-state index contributed by atoms with van der Waals surface area (Å²) in [7, 11) is 0. The highest BCUT2D eigenvalue weighted by atomic mass is 127. The van der Waals surface area contributed by atoms with Gasteiger partial charge in [0.1, 0.15) is 5.82 Å². The van der Waals surface area contributed by atoms with Crippen LogP contribution in [0.2, 0.25) is 0 Å². The lowest BCUT2D eigenvalue weighted by atomic mass is 9.98. The van der Waals surface area contributed by atoms with Gasteiger partial charge < -0.3 is 4.74 Å². The highest BCUT2D eigenvalue weighted by molar-refractivity contribution is 14.1. The Morgan fingerprint density at radius 3 is 2.91 bits per heavy atom. The Bertz CT molecular complexity index is 669. The van der Waals surface area contributed by atoms with Crippen molar-refractivity contribution in [2.24, 2.45) is 0 Å². The molecule has 1 amide bonds. The molecule has 0 radical (unpaired) electrons. The third kappa shape index (κ3) is 3.39. The monoisotopic (exact) mass is 427 g/mol. The second kappa shape index (κ2) is 6.94. The van der Waals surface area contributed by atoms with Crippen LogP contribution in [0.4, 0.5) is 5.82 Å². The number of anilines is 1. The zero-order chi connectivity index (χ0) is 16.4. The summed E-state index contributed by atoms with van der Waals surface area (Å²) in [6.45, 7) is 2.04. The Hall–Kier alpha value is -1.51. The summed E-state index contributed by atoms with van der Waals surface area (Å²) in [6, 6.07) is 0.151. The average molecular weight is 427 g/mol. The molecule has 1 aliphatic heterocycles. The largest absolute Gasteiger partial charge is 0.463 e. The normalized spacial score (nSPS) is 20.0. The van der Waals surface area contributed by atoms with Crippen LogP contribution in [0.1, 0.15) is 38.2 Å². The van der Waals surface area contributed by atoms with E-state index >= 15 is 0 Å². The molecule has 0 N–H and O–H groups in total. The molecule has 2 heterocycles. The Balaban J connectivity index is 2.00. The van der Waals surface area contributed by atoms with Crippen LogP contribution in [0.5, 0.6) is 0 Å². The van der Waals surface area contributed by atoms with Gasteiger partial charge in [0.15, 0.2) is 3.83 Å². The van der Waals surface area contributed by atoms with Crippen LogP contribution in [0.25, 0.3) is 0 Å². The van der Waals surface area contributed by atoms with Crippen LogP contribution in [0.15, 0.2) is 17.8 Å². The van der Waals surface area contributed by atoms with Crippen molar-refractivity contribution < 1.29 is 14.3 Å². The number of hydrogen-bond acceptors (Lipinski definition) is 5. The maximum absolute atomic E-state index is 12.9. The SMILES string of the molecule is CCOC(=O)/C=C1\Cc2cnc(I)nc2N(C2CCCC2)C1=O. The third-order valence-electron chi connectivity index (χ3n) is 4.18. The van der Waals surface area contributed by atoms with E-state index in [0.717, 1.165) is 31.2 Å². The maximum Gasteiger partial charge on any atom is 0.331 e. The van der Waals surface area contributed by atoms with Gasteiger partial charge >= 0.3 is 5.97 Å². The van der Waals surface area contributed by atoms with Crippen LogP contribution >= 0.6 is 22.6 Å². The quantitative estimate of drug-likeness (QED) is 0.321. The van der Waals surface area contributed by atoms with Gasteiger partial charge in [-0.05, 0) is 19.8 Å². The topological polar surface area (TPSA) is 72.4 Å². The number of halogens is 1. The van der Waals surface area contributed by atoms with E-state index in [1.54, 1.807) is 18.0 Å². The first-order chi connectivity index (χ1) is 11.1. The van der Waals surface area contributed by atoms with Crippen molar-refractivity contribution >= 4 is 40.3 Å². The number of esters is 1. The predicted octanol–water partition coefficient (Wildman–Crippen LogP) is 2.40. The van der Waals surface area contributed by atoms with Gasteiger partial charge in [-0.15, -0.1) is 0 Å². The highest BCUT2D eigenvalue weighted by Gasteiger charge is 2.36. The Labute approximate surface area is 148 Å². The molecule has 0 unspecified atom stereocenters. The molecule has 3 rings (SSSR count). The van der Waals surface area contributed by atoms with E-state index in [1.807, 2.05) is 0 Å². The zero-order valence-electron chi connectivity index (χ0n) is 12.9. The summed E-state index contributed by atoms with van der Waals surface area (Å²) in [4.78, 5) is 35.1. The maximum atomic E-state index is 12.9. The molecule has 2 aliphatic rings. The number of rotatable bonds is 3. The number of carbonyl (C=O) groups is 2. The van der Waals surface area contributed by atoms with Gasteiger partial charge in [-0.1, -0.05) is 12.8 Å². The summed E-state index contributed by atoms with van der Waals surface area (Å²) in [5.74, 6) is 0.0892. The van der Waals surface area contributed by atoms with Crippen LogP contribution < -0.4 is 4.90 Å². The zero-order valence-corrected chi connectivity index (χ0v) is 15.1. The van der Waals surface area contributed by atoms with E-state index in [4.69, 9.17) is 4.74 Å². The lowest BCUT2D eigenvalue weighted by molar-refractivity contribution is -0.137. The molecule has 7 heteroatoms. The van der Waals surface area contributed by atoms with Crippen LogP contribution in [-0.4, -0.2) is 34.5 Å². The smallest absolute Gasteiger partial charge is 0.331 e. The van der Waals surface area contributed by atoms with Crippen molar-refractivity contribution in [1.29, 1.82) is 0 Å². The predicted molar refractivity (Wildman–Crippen MR) is 92.9 cm³/mol. The third-order valence-corrected chi connectivity index (χ3v) is 4.70. The van der Waals surface area contributed by atoms with Crippen LogP contribution in [0, 0.1) is 3.83 Å². The molecule has 6 nitrogen and oxygen atoms in total. The Morgan fingerprint density at radius 1 is 1.48 bits per heavy atom. The first-order valence-corrected chi connectivity index (χ1v) is 8.90. The number of amides is 1. The number of aromatic nitrogens is 2. The number of nitrogens with zero attached hydrogens (tertiary/aromatic N) is 3. The molecule has 0 spiro atoms. The first kappa shape index (κ1) is 16.4. The number of hydrogen-bond donors (Lipinski definition) is 0. The first-order valence-electron chi connectivity index (χ1n) is 7.82. The number of fused-ring (bicyclic) bond motifs is 1. The van der Waals surface area contributed by atoms with Crippen molar-refractivity contribution in [2.75, 3.05) is 11.5 Å². The van der Waals surface area contributed by atoms with Crippen molar-refractivity contribution in [3.05, 3.63) is 27.2 Å². The summed E-state index contributed by atoms with van der Waals surface area (Å²) in [5, 5.41) is 0. The van der Waals surface area contributed by atoms with Gasteiger partial charge in [0, 0.05) is 58.5 Å².